The van der Waals surface area contributed by atoms with Crippen molar-refractivity contribution in [3.05, 3.63) is 23.8 Å². The summed E-state index contributed by atoms with van der Waals surface area (Å²) in [4.78, 5) is 0. The van der Waals surface area contributed by atoms with Crippen LogP contribution in [0.3, 0.4) is 0 Å². The van der Waals surface area contributed by atoms with Crippen LogP contribution in [0.5, 0.6) is 0 Å². The van der Waals surface area contributed by atoms with Gasteiger partial charge in [0.25, 0.3) is 0 Å². The lowest BCUT2D eigenvalue weighted by Gasteiger charge is -2.41. The van der Waals surface area contributed by atoms with E-state index in [1.807, 2.05) is 0 Å². The Balaban J connectivity index is 2.03. The summed E-state index contributed by atoms with van der Waals surface area (Å²) < 4.78 is 11.8. The highest BCUT2D eigenvalue weighted by atomic mass is 16.7. The van der Waals surface area contributed by atoms with Gasteiger partial charge in [0.2, 0.25) is 0 Å². The molecule has 2 heteroatoms. The number of fused-ring (bicyclic) bond motifs is 2. The largest absolute Gasteiger partial charge is 0.347 e. The Bertz CT molecular complexity index is 336. The summed E-state index contributed by atoms with van der Waals surface area (Å²) in [6.45, 7) is 7.87. The highest BCUT2D eigenvalue weighted by molar-refractivity contribution is 5.35. The minimum atomic E-state index is -0.306. The molecule has 2 nitrogen and oxygen atoms in total. The van der Waals surface area contributed by atoms with E-state index in [0.717, 1.165) is 38.9 Å². The molecule has 0 aromatic heterocycles. The first-order valence-electron chi connectivity index (χ1n) is 5.83. The van der Waals surface area contributed by atoms with Gasteiger partial charge in [-0.3, -0.25) is 0 Å². The predicted molar refractivity (Wildman–Crippen MR) is 58.4 cm³/mol. The second kappa shape index (κ2) is 2.96. The van der Waals surface area contributed by atoms with Gasteiger partial charge in [-0.05, 0) is 19.3 Å². The topological polar surface area (TPSA) is 18.5 Å². The standard InChI is InChI=1S/C13H18O2/c1-10-3-5-12(2)11(9-10)4-6-13(12)14-7-8-15-13/h9H,1,3-8H2,2H3. The van der Waals surface area contributed by atoms with E-state index in [9.17, 15) is 0 Å². The monoisotopic (exact) mass is 206 g/mol. The van der Waals surface area contributed by atoms with Crippen LogP contribution in [0.15, 0.2) is 23.8 Å². The van der Waals surface area contributed by atoms with E-state index in [0.29, 0.717) is 0 Å². The second-order valence-electron chi connectivity index (χ2n) is 5.11. The Labute approximate surface area is 90.9 Å². The molecular weight excluding hydrogens is 188 g/mol. The van der Waals surface area contributed by atoms with E-state index in [-0.39, 0.29) is 11.2 Å². The predicted octanol–water partition coefficient (Wildman–Crippen LogP) is 2.81. The molecule has 0 aromatic rings. The highest BCUT2D eigenvalue weighted by Crippen LogP contribution is 2.58. The zero-order valence-corrected chi connectivity index (χ0v) is 9.34. The summed E-state index contributed by atoms with van der Waals surface area (Å²) in [5.41, 5.74) is 2.85. The van der Waals surface area contributed by atoms with Crippen molar-refractivity contribution in [3.63, 3.8) is 0 Å². The Morgan fingerprint density at radius 3 is 2.67 bits per heavy atom. The molecule has 1 atom stereocenters. The molecule has 3 aliphatic rings. The van der Waals surface area contributed by atoms with Crippen molar-refractivity contribution in [1.29, 1.82) is 0 Å². The zero-order chi connectivity index (χ0) is 10.5. The van der Waals surface area contributed by atoms with E-state index in [1.165, 1.54) is 11.1 Å². The second-order valence-corrected chi connectivity index (χ2v) is 5.11. The van der Waals surface area contributed by atoms with Crippen LogP contribution < -0.4 is 0 Å². The third-order valence-corrected chi connectivity index (χ3v) is 4.35. The summed E-state index contributed by atoms with van der Waals surface area (Å²) in [5.74, 6) is -0.306. The summed E-state index contributed by atoms with van der Waals surface area (Å²) in [6, 6.07) is 0. The lowest BCUT2D eigenvalue weighted by molar-refractivity contribution is -0.211. The van der Waals surface area contributed by atoms with Crippen molar-refractivity contribution < 1.29 is 9.47 Å². The molecule has 0 aromatic carbocycles. The fourth-order valence-electron chi connectivity index (χ4n) is 3.32. The molecular formula is C13H18O2. The van der Waals surface area contributed by atoms with Gasteiger partial charge in [0.1, 0.15) is 0 Å². The molecule has 1 aliphatic heterocycles. The molecule has 0 amide bonds. The summed E-state index contributed by atoms with van der Waals surface area (Å²) in [5, 5.41) is 0. The average molecular weight is 206 g/mol. The maximum atomic E-state index is 5.92. The molecule has 1 saturated heterocycles. The van der Waals surface area contributed by atoms with Crippen LogP contribution in [0.2, 0.25) is 0 Å². The molecule has 0 radical (unpaired) electrons. The van der Waals surface area contributed by atoms with E-state index in [4.69, 9.17) is 9.47 Å². The van der Waals surface area contributed by atoms with Gasteiger partial charge in [-0.15, -0.1) is 0 Å². The molecule has 1 saturated carbocycles. The Morgan fingerprint density at radius 2 is 1.93 bits per heavy atom. The maximum absolute atomic E-state index is 5.92. The van der Waals surface area contributed by atoms with Gasteiger partial charge in [-0.2, -0.15) is 0 Å². The number of allylic oxidation sites excluding steroid dienone is 2. The van der Waals surface area contributed by atoms with Crippen LogP contribution in [0.25, 0.3) is 0 Å². The molecule has 0 bridgehead atoms. The maximum Gasteiger partial charge on any atom is 0.177 e. The number of hydrogen-bond donors (Lipinski definition) is 0. The van der Waals surface area contributed by atoms with Crippen molar-refractivity contribution in [2.24, 2.45) is 5.41 Å². The highest BCUT2D eigenvalue weighted by Gasteiger charge is 2.59. The van der Waals surface area contributed by atoms with Gasteiger partial charge in [0, 0.05) is 11.8 Å². The Morgan fingerprint density at radius 1 is 1.20 bits per heavy atom. The molecule has 0 N–H and O–H groups in total. The molecule has 1 spiro atoms. The van der Waals surface area contributed by atoms with Crippen LogP contribution in [0.1, 0.15) is 32.6 Å². The molecule has 15 heavy (non-hydrogen) atoms. The molecule has 3 rings (SSSR count). The van der Waals surface area contributed by atoms with Gasteiger partial charge < -0.3 is 9.47 Å². The lowest BCUT2D eigenvalue weighted by Crippen LogP contribution is -2.44. The van der Waals surface area contributed by atoms with Crippen LogP contribution in [-0.2, 0) is 9.47 Å². The SMILES string of the molecule is C=C1C=C2CCC3(OCCO3)C2(C)CC1. The van der Waals surface area contributed by atoms with E-state index < -0.39 is 0 Å². The minimum absolute atomic E-state index is 0.102. The Kier molecular flexibility index (Phi) is 1.89. The number of ether oxygens (including phenoxy) is 2. The minimum Gasteiger partial charge on any atom is -0.347 e. The van der Waals surface area contributed by atoms with Crippen molar-refractivity contribution in [2.45, 2.75) is 38.4 Å². The molecule has 82 valence electrons. The molecule has 2 fully saturated rings. The lowest BCUT2D eigenvalue weighted by atomic mass is 9.72. The first-order valence-corrected chi connectivity index (χ1v) is 5.83. The quantitative estimate of drug-likeness (QED) is 0.606. The van der Waals surface area contributed by atoms with Crippen molar-refractivity contribution in [1.82, 2.24) is 0 Å². The van der Waals surface area contributed by atoms with E-state index in [1.54, 1.807) is 0 Å². The summed E-state index contributed by atoms with van der Waals surface area (Å²) >= 11 is 0. The number of rotatable bonds is 0. The fourth-order valence-corrected chi connectivity index (χ4v) is 3.32. The third kappa shape index (κ3) is 1.12. The van der Waals surface area contributed by atoms with Gasteiger partial charge in [-0.25, -0.2) is 0 Å². The molecule has 1 heterocycles. The summed E-state index contributed by atoms with van der Waals surface area (Å²) in [6.07, 6.45) is 6.59. The fraction of sp³-hybridized carbons (Fsp3) is 0.692. The van der Waals surface area contributed by atoms with E-state index in [2.05, 4.69) is 19.6 Å². The first-order chi connectivity index (χ1) is 7.16. The van der Waals surface area contributed by atoms with Crippen LogP contribution in [0, 0.1) is 5.41 Å². The van der Waals surface area contributed by atoms with Gasteiger partial charge in [0.15, 0.2) is 5.79 Å². The van der Waals surface area contributed by atoms with E-state index >= 15 is 0 Å². The van der Waals surface area contributed by atoms with Crippen LogP contribution in [0.4, 0.5) is 0 Å². The normalized spacial score (nSPS) is 38.2. The van der Waals surface area contributed by atoms with Gasteiger partial charge in [0.05, 0.1) is 13.2 Å². The van der Waals surface area contributed by atoms with Gasteiger partial charge in [-0.1, -0.05) is 30.7 Å². The third-order valence-electron chi connectivity index (χ3n) is 4.35. The average Bonchev–Trinajstić information content (AvgIpc) is 2.78. The first kappa shape index (κ1) is 9.61. The Hall–Kier alpha value is -0.600. The van der Waals surface area contributed by atoms with Crippen LogP contribution in [-0.4, -0.2) is 19.0 Å². The zero-order valence-electron chi connectivity index (χ0n) is 9.34. The number of hydrogen-bond acceptors (Lipinski definition) is 2. The van der Waals surface area contributed by atoms with Gasteiger partial charge >= 0.3 is 0 Å². The van der Waals surface area contributed by atoms with Crippen molar-refractivity contribution in [2.75, 3.05) is 13.2 Å². The summed E-state index contributed by atoms with van der Waals surface area (Å²) in [7, 11) is 0. The molecule has 2 aliphatic carbocycles. The van der Waals surface area contributed by atoms with Crippen LogP contribution >= 0.6 is 0 Å². The molecule has 1 unspecified atom stereocenters. The smallest absolute Gasteiger partial charge is 0.177 e. The van der Waals surface area contributed by atoms with Crippen molar-refractivity contribution in [3.8, 4) is 0 Å². The van der Waals surface area contributed by atoms with Crippen molar-refractivity contribution >= 4 is 0 Å².